The lowest BCUT2D eigenvalue weighted by Crippen LogP contribution is -2.36. The van der Waals surface area contributed by atoms with E-state index in [-0.39, 0.29) is 25.5 Å². The molecule has 0 spiro atoms. The van der Waals surface area contributed by atoms with Gasteiger partial charge in [0.25, 0.3) is 5.91 Å². The summed E-state index contributed by atoms with van der Waals surface area (Å²) in [6, 6.07) is 17.0. The van der Waals surface area contributed by atoms with Crippen molar-refractivity contribution in [2.45, 2.75) is 45.3 Å². The van der Waals surface area contributed by atoms with Crippen molar-refractivity contribution in [2.75, 3.05) is 19.4 Å². The van der Waals surface area contributed by atoms with Gasteiger partial charge in [0.05, 0.1) is 28.1 Å². The first-order valence-corrected chi connectivity index (χ1v) is 12.6. The van der Waals surface area contributed by atoms with E-state index in [2.05, 4.69) is 15.3 Å². The van der Waals surface area contributed by atoms with Gasteiger partial charge in [0.2, 0.25) is 0 Å². The molecule has 1 saturated carbocycles. The molecule has 0 bridgehead atoms. The Morgan fingerprint density at radius 2 is 1.89 bits per heavy atom. The summed E-state index contributed by atoms with van der Waals surface area (Å²) in [7, 11) is 3.47. The number of anilines is 1. The number of rotatable bonds is 6. The maximum atomic E-state index is 12.3. The zero-order chi connectivity index (χ0) is 24.4. The number of hydrogen-bond acceptors (Lipinski definition) is 7. The molecule has 5 rings (SSSR count). The number of aromatic nitrogens is 2. The molecule has 2 atom stereocenters. The predicted molar refractivity (Wildman–Crippen MR) is 146 cm³/mol. The van der Waals surface area contributed by atoms with Crippen LogP contribution in [0.3, 0.4) is 0 Å². The van der Waals surface area contributed by atoms with Crippen LogP contribution in [0, 0.1) is 0 Å². The molecule has 188 valence electrons. The molecule has 8 heteroatoms. The average Bonchev–Trinajstić information content (AvgIpc) is 3.27. The van der Waals surface area contributed by atoms with Crippen LogP contribution in [0.15, 0.2) is 60.8 Å². The van der Waals surface area contributed by atoms with E-state index in [0.717, 1.165) is 52.3 Å². The Morgan fingerprint density at radius 3 is 2.69 bits per heavy atom. The molecule has 7 nitrogen and oxygen atoms in total. The Bertz CT molecular complexity index is 1350. The first-order valence-electron chi connectivity index (χ1n) is 11.8. The van der Waals surface area contributed by atoms with E-state index in [1.165, 1.54) is 0 Å². The first-order chi connectivity index (χ1) is 17.0. The molecule has 0 saturated heterocycles. The van der Waals surface area contributed by atoms with Gasteiger partial charge >= 0.3 is 0 Å². The fourth-order valence-corrected chi connectivity index (χ4v) is 5.26. The van der Waals surface area contributed by atoms with Gasteiger partial charge in [0.15, 0.2) is 5.13 Å². The number of aliphatic hydroxyl groups is 1. The smallest absolute Gasteiger partial charge is 0.253 e. The zero-order valence-electron chi connectivity index (χ0n) is 19.8. The molecular formula is C28H32N4O3S. The maximum absolute atomic E-state index is 12.3. The number of nitrogens with zero attached hydrogens (tertiary/aromatic N) is 3. The van der Waals surface area contributed by atoms with E-state index < -0.39 is 0 Å². The number of thiazole rings is 1. The van der Waals surface area contributed by atoms with Crippen LogP contribution in [0.2, 0.25) is 0 Å². The molecule has 2 aromatic heterocycles. The lowest BCUT2D eigenvalue weighted by atomic mass is 9.93. The average molecular weight is 505 g/mol. The number of carbonyl (C=O) groups excluding carboxylic acids is 1. The van der Waals surface area contributed by atoms with Crippen molar-refractivity contribution in [2.24, 2.45) is 0 Å². The Kier molecular flexibility index (Phi) is 7.86. The van der Waals surface area contributed by atoms with E-state index in [9.17, 15) is 9.90 Å². The highest BCUT2D eigenvalue weighted by Gasteiger charge is 2.23. The second kappa shape index (κ2) is 11.1. The van der Waals surface area contributed by atoms with Crippen LogP contribution >= 0.6 is 11.3 Å². The summed E-state index contributed by atoms with van der Waals surface area (Å²) < 4.78 is 7.16. The largest absolute Gasteiger partial charge is 0.457 e. The number of hydrogen-bond donors (Lipinski definition) is 2. The van der Waals surface area contributed by atoms with Crippen molar-refractivity contribution in [1.29, 1.82) is 0 Å². The first kappa shape index (κ1) is 25.6. The summed E-state index contributed by atoms with van der Waals surface area (Å²) in [4.78, 5) is 23.0. The van der Waals surface area contributed by atoms with Gasteiger partial charge in [-0.25, -0.2) is 4.98 Å². The van der Waals surface area contributed by atoms with Crippen LogP contribution in [0.1, 0.15) is 43.5 Å². The second-order valence-electron chi connectivity index (χ2n) is 9.01. The van der Waals surface area contributed by atoms with Crippen LogP contribution in [0.5, 0.6) is 11.5 Å². The van der Waals surface area contributed by atoms with Gasteiger partial charge < -0.3 is 20.1 Å². The molecule has 4 aromatic rings. The molecule has 2 aromatic carbocycles. The third kappa shape index (κ3) is 5.66. The SMILES string of the molecule is C.CN(C)C(=O)c1cccc(-c2cc(Oc3ccc4nc(N[C@@H]5CCCC[C@H]5O)sc4c3)ccn2)c1. The fraction of sp³-hybridized carbons (Fsp3) is 0.321. The normalized spacial score (nSPS) is 17.3. The lowest BCUT2D eigenvalue weighted by Gasteiger charge is -2.27. The molecule has 1 amide bonds. The molecule has 0 radical (unpaired) electrons. The summed E-state index contributed by atoms with van der Waals surface area (Å²) >= 11 is 1.56. The highest BCUT2D eigenvalue weighted by Crippen LogP contribution is 2.33. The number of fused-ring (bicyclic) bond motifs is 1. The van der Waals surface area contributed by atoms with E-state index in [4.69, 9.17) is 4.74 Å². The van der Waals surface area contributed by atoms with Crippen LogP contribution in [0.4, 0.5) is 5.13 Å². The summed E-state index contributed by atoms with van der Waals surface area (Å²) in [5.74, 6) is 1.31. The van der Waals surface area contributed by atoms with Crippen LogP contribution < -0.4 is 10.1 Å². The highest BCUT2D eigenvalue weighted by molar-refractivity contribution is 7.22. The van der Waals surface area contributed by atoms with Gasteiger partial charge in [0.1, 0.15) is 11.5 Å². The second-order valence-corrected chi connectivity index (χ2v) is 10.0. The Morgan fingerprint density at radius 1 is 1.08 bits per heavy atom. The van der Waals surface area contributed by atoms with Gasteiger partial charge in [0, 0.05) is 43.6 Å². The summed E-state index contributed by atoms with van der Waals surface area (Å²) in [6.45, 7) is 0. The molecule has 0 unspecified atom stereocenters. The molecule has 1 fully saturated rings. The van der Waals surface area contributed by atoms with Crippen molar-refractivity contribution in [3.05, 3.63) is 66.4 Å². The molecule has 36 heavy (non-hydrogen) atoms. The minimum absolute atomic E-state index is 0. The van der Waals surface area contributed by atoms with Crippen molar-refractivity contribution in [3.63, 3.8) is 0 Å². The molecule has 0 aliphatic heterocycles. The molecule has 2 heterocycles. The van der Waals surface area contributed by atoms with Crippen molar-refractivity contribution in [3.8, 4) is 22.8 Å². The van der Waals surface area contributed by atoms with Crippen molar-refractivity contribution in [1.82, 2.24) is 14.9 Å². The minimum atomic E-state index is -0.322. The van der Waals surface area contributed by atoms with E-state index in [1.807, 2.05) is 48.5 Å². The fourth-order valence-electron chi connectivity index (χ4n) is 4.31. The third-order valence-electron chi connectivity index (χ3n) is 6.18. The van der Waals surface area contributed by atoms with Gasteiger partial charge in [-0.2, -0.15) is 0 Å². The van der Waals surface area contributed by atoms with Crippen LogP contribution in [-0.2, 0) is 0 Å². The molecule has 2 N–H and O–H groups in total. The topological polar surface area (TPSA) is 87.6 Å². The standard InChI is InChI=1S/C27H28N4O3S.CH4/c1-31(2)26(33)18-7-5-6-17(14-18)23-15-20(12-13-28-23)34-19-10-11-22-25(16-19)35-27(30-22)29-21-8-3-4-9-24(21)32;/h5-7,10-16,21,24,32H,3-4,8-9H2,1-2H3,(H,29,30);1H4/t21-,24-;/m1./s1. The number of benzene rings is 2. The number of nitrogens with one attached hydrogen (secondary N) is 1. The van der Waals surface area contributed by atoms with E-state index in [1.54, 1.807) is 42.6 Å². The van der Waals surface area contributed by atoms with Gasteiger partial charge in [-0.1, -0.05) is 43.7 Å². The number of ether oxygens (including phenoxy) is 1. The van der Waals surface area contributed by atoms with E-state index >= 15 is 0 Å². The van der Waals surface area contributed by atoms with E-state index in [0.29, 0.717) is 17.1 Å². The quantitative estimate of drug-likeness (QED) is 0.325. The van der Waals surface area contributed by atoms with Crippen LogP contribution in [0.25, 0.3) is 21.5 Å². The monoisotopic (exact) mass is 504 g/mol. The highest BCUT2D eigenvalue weighted by atomic mass is 32.1. The summed E-state index contributed by atoms with van der Waals surface area (Å²) in [6.07, 6.45) is 5.38. The Balaban J connectivity index is 0.00000304. The van der Waals surface area contributed by atoms with Crippen molar-refractivity contribution < 1.29 is 14.6 Å². The number of amides is 1. The maximum Gasteiger partial charge on any atom is 0.253 e. The predicted octanol–water partition coefficient (Wildman–Crippen LogP) is 6.20. The molecular weight excluding hydrogens is 472 g/mol. The molecule has 1 aliphatic rings. The lowest BCUT2D eigenvalue weighted by molar-refractivity contribution is 0.0827. The zero-order valence-corrected chi connectivity index (χ0v) is 20.6. The number of aliphatic hydroxyl groups excluding tert-OH is 1. The van der Waals surface area contributed by atoms with Gasteiger partial charge in [-0.15, -0.1) is 0 Å². The Hall–Kier alpha value is -3.49. The number of carbonyl (C=O) groups is 1. The van der Waals surface area contributed by atoms with Crippen molar-refractivity contribution >= 4 is 32.6 Å². The number of pyridine rings is 1. The van der Waals surface area contributed by atoms with Gasteiger partial charge in [-0.05, 0) is 43.2 Å². The summed E-state index contributed by atoms with van der Waals surface area (Å²) in [5, 5.41) is 14.5. The van der Waals surface area contributed by atoms with Gasteiger partial charge in [-0.3, -0.25) is 9.78 Å². The summed E-state index contributed by atoms with van der Waals surface area (Å²) in [5.41, 5.74) is 3.09. The minimum Gasteiger partial charge on any atom is -0.457 e. The Labute approximate surface area is 215 Å². The van der Waals surface area contributed by atoms with Crippen LogP contribution in [-0.4, -0.2) is 52.1 Å². The third-order valence-corrected chi connectivity index (χ3v) is 7.13. The molecule has 1 aliphatic carbocycles.